The lowest BCUT2D eigenvalue weighted by Gasteiger charge is -2.33. The van der Waals surface area contributed by atoms with E-state index >= 15 is 0 Å². The molecule has 24 heavy (non-hydrogen) atoms. The van der Waals surface area contributed by atoms with Crippen molar-refractivity contribution >= 4 is 29.9 Å². The van der Waals surface area contributed by atoms with Crippen LogP contribution in [0.5, 0.6) is 0 Å². The van der Waals surface area contributed by atoms with E-state index in [9.17, 15) is 5.11 Å². The lowest BCUT2D eigenvalue weighted by atomic mass is 9.73. The van der Waals surface area contributed by atoms with Crippen LogP contribution in [0.2, 0.25) is 0 Å². The Kier molecular flexibility index (Phi) is 10.6. The molecule has 1 spiro atoms. The molecule has 2 rings (SSSR count). The Morgan fingerprint density at radius 3 is 2.54 bits per heavy atom. The Morgan fingerprint density at radius 2 is 1.92 bits per heavy atom. The number of aliphatic hydroxyl groups excluding tert-OH is 1. The molecule has 2 aliphatic rings. The third-order valence-corrected chi connectivity index (χ3v) is 5.72. The van der Waals surface area contributed by atoms with E-state index in [2.05, 4.69) is 24.1 Å². The molecule has 1 aliphatic heterocycles. The molecule has 1 aliphatic carbocycles. The topological polar surface area (TPSA) is 47.9 Å². The first-order chi connectivity index (χ1) is 11.2. The molecule has 142 valence electrons. The van der Waals surface area contributed by atoms with E-state index in [0.29, 0.717) is 11.3 Å². The van der Waals surface area contributed by atoms with Crippen molar-refractivity contribution < 1.29 is 5.11 Å². The summed E-state index contributed by atoms with van der Waals surface area (Å²) in [6.07, 6.45) is 11.6. The number of hydrogen-bond donors (Lipinski definition) is 2. The first-order valence-corrected chi connectivity index (χ1v) is 9.87. The van der Waals surface area contributed by atoms with E-state index in [1.807, 2.05) is 0 Å². The van der Waals surface area contributed by atoms with Gasteiger partial charge in [-0.2, -0.15) is 0 Å². The third kappa shape index (κ3) is 6.36. The van der Waals surface area contributed by atoms with Crippen molar-refractivity contribution in [2.45, 2.75) is 71.6 Å². The van der Waals surface area contributed by atoms with Crippen molar-refractivity contribution in [2.75, 3.05) is 32.8 Å². The Balaban J connectivity index is 0.00000288. The SMILES string of the molecule is CCCC(CCO)CN=C(NCC)N1CCC2(CCCCC2)C1.I. The zero-order chi connectivity index (χ0) is 16.5. The number of nitrogens with one attached hydrogen (secondary N) is 1. The Labute approximate surface area is 165 Å². The van der Waals surface area contributed by atoms with Gasteiger partial charge in [-0.15, -0.1) is 24.0 Å². The predicted molar refractivity (Wildman–Crippen MR) is 113 cm³/mol. The molecule has 2 N–H and O–H groups in total. The number of aliphatic imine (C=N–C) groups is 1. The lowest BCUT2D eigenvalue weighted by Crippen LogP contribution is -2.42. The summed E-state index contributed by atoms with van der Waals surface area (Å²) in [5, 5.41) is 12.7. The fourth-order valence-corrected chi connectivity index (χ4v) is 4.38. The van der Waals surface area contributed by atoms with Crippen molar-refractivity contribution in [3.8, 4) is 0 Å². The van der Waals surface area contributed by atoms with Crippen LogP contribution < -0.4 is 5.32 Å². The van der Waals surface area contributed by atoms with Crippen LogP contribution >= 0.6 is 24.0 Å². The highest BCUT2D eigenvalue weighted by Crippen LogP contribution is 2.43. The van der Waals surface area contributed by atoms with Gasteiger partial charge in [-0.1, -0.05) is 32.6 Å². The molecule has 0 aromatic carbocycles. The van der Waals surface area contributed by atoms with Gasteiger partial charge in [-0.25, -0.2) is 0 Å². The van der Waals surface area contributed by atoms with Gasteiger partial charge in [0.15, 0.2) is 5.96 Å². The summed E-state index contributed by atoms with van der Waals surface area (Å²) in [5.74, 6) is 1.62. The maximum Gasteiger partial charge on any atom is 0.193 e. The van der Waals surface area contributed by atoms with Crippen molar-refractivity contribution in [3.05, 3.63) is 0 Å². The highest BCUT2D eigenvalue weighted by atomic mass is 127. The number of hydrogen-bond acceptors (Lipinski definition) is 2. The van der Waals surface area contributed by atoms with E-state index in [1.54, 1.807) is 0 Å². The molecule has 5 heteroatoms. The van der Waals surface area contributed by atoms with Gasteiger partial charge in [0.2, 0.25) is 0 Å². The molecule has 4 nitrogen and oxygen atoms in total. The zero-order valence-corrected chi connectivity index (χ0v) is 18.1. The van der Waals surface area contributed by atoms with Gasteiger partial charge in [0.1, 0.15) is 0 Å². The molecule has 1 atom stereocenters. The normalized spacial score (nSPS) is 21.6. The molecule has 2 fully saturated rings. The van der Waals surface area contributed by atoms with Crippen LogP contribution in [0.4, 0.5) is 0 Å². The number of likely N-dealkylation sites (tertiary alicyclic amines) is 1. The maximum atomic E-state index is 9.23. The van der Waals surface area contributed by atoms with Crippen molar-refractivity contribution in [2.24, 2.45) is 16.3 Å². The van der Waals surface area contributed by atoms with Gasteiger partial charge < -0.3 is 15.3 Å². The summed E-state index contributed by atoms with van der Waals surface area (Å²) in [6, 6.07) is 0. The van der Waals surface area contributed by atoms with Crippen LogP contribution in [0.3, 0.4) is 0 Å². The quantitative estimate of drug-likeness (QED) is 0.349. The average molecular weight is 451 g/mol. The van der Waals surface area contributed by atoms with Crippen molar-refractivity contribution in [1.29, 1.82) is 0 Å². The average Bonchev–Trinajstić information content (AvgIpc) is 2.95. The van der Waals surface area contributed by atoms with Crippen LogP contribution in [-0.2, 0) is 0 Å². The minimum atomic E-state index is 0. The first-order valence-electron chi connectivity index (χ1n) is 9.87. The van der Waals surface area contributed by atoms with Gasteiger partial charge in [-0.05, 0) is 50.4 Å². The monoisotopic (exact) mass is 451 g/mol. The van der Waals surface area contributed by atoms with Gasteiger partial charge in [0, 0.05) is 32.8 Å². The Bertz CT molecular complexity index is 364. The molecule has 0 aromatic heterocycles. The van der Waals surface area contributed by atoms with E-state index in [0.717, 1.165) is 38.4 Å². The van der Waals surface area contributed by atoms with Crippen molar-refractivity contribution in [1.82, 2.24) is 10.2 Å². The van der Waals surface area contributed by atoms with Gasteiger partial charge in [-0.3, -0.25) is 4.99 Å². The number of nitrogens with zero attached hydrogens (tertiary/aromatic N) is 2. The molecule has 1 saturated carbocycles. The Hall–Kier alpha value is -0.0400. The molecule has 0 amide bonds. The summed E-state index contributed by atoms with van der Waals surface area (Å²) in [4.78, 5) is 7.43. The Morgan fingerprint density at radius 1 is 1.17 bits per heavy atom. The van der Waals surface area contributed by atoms with E-state index in [1.165, 1.54) is 51.5 Å². The van der Waals surface area contributed by atoms with E-state index in [4.69, 9.17) is 4.99 Å². The van der Waals surface area contributed by atoms with Crippen molar-refractivity contribution in [3.63, 3.8) is 0 Å². The lowest BCUT2D eigenvalue weighted by molar-refractivity contribution is 0.203. The number of guanidine groups is 1. The van der Waals surface area contributed by atoms with Gasteiger partial charge in [0.25, 0.3) is 0 Å². The van der Waals surface area contributed by atoms with Crippen LogP contribution in [0.25, 0.3) is 0 Å². The highest BCUT2D eigenvalue weighted by Gasteiger charge is 2.39. The minimum absolute atomic E-state index is 0. The van der Waals surface area contributed by atoms with Gasteiger partial charge >= 0.3 is 0 Å². The summed E-state index contributed by atoms with van der Waals surface area (Å²) in [7, 11) is 0. The standard InChI is InChI=1S/C19H37N3O.HI/c1-3-8-17(9-14-23)15-21-18(20-4-2)22-13-12-19(16-22)10-6-5-7-11-19;/h17,23H,3-16H2,1-2H3,(H,20,21);1H. The molecule has 1 heterocycles. The van der Waals surface area contributed by atoms with Crippen LogP contribution in [-0.4, -0.2) is 48.8 Å². The summed E-state index contributed by atoms with van der Waals surface area (Å²) < 4.78 is 0. The third-order valence-electron chi connectivity index (χ3n) is 5.72. The first kappa shape index (κ1) is 22.0. The molecule has 0 aromatic rings. The molecule has 1 saturated heterocycles. The highest BCUT2D eigenvalue weighted by molar-refractivity contribution is 14.0. The minimum Gasteiger partial charge on any atom is -0.396 e. The fraction of sp³-hybridized carbons (Fsp3) is 0.947. The molecule has 0 bridgehead atoms. The summed E-state index contributed by atoms with van der Waals surface area (Å²) in [6.45, 7) is 8.78. The summed E-state index contributed by atoms with van der Waals surface area (Å²) >= 11 is 0. The smallest absolute Gasteiger partial charge is 0.193 e. The maximum absolute atomic E-state index is 9.23. The second-order valence-electron chi connectivity index (χ2n) is 7.59. The molecular formula is C19H38IN3O. The number of rotatable bonds is 7. The second kappa shape index (κ2) is 11.6. The van der Waals surface area contributed by atoms with E-state index < -0.39 is 0 Å². The molecular weight excluding hydrogens is 413 g/mol. The van der Waals surface area contributed by atoms with Crippen LogP contribution in [0.15, 0.2) is 4.99 Å². The summed E-state index contributed by atoms with van der Waals surface area (Å²) in [5.41, 5.74) is 0.572. The van der Waals surface area contributed by atoms with Gasteiger partial charge in [0.05, 0.1) is 0 Å². The zero-order valence-electron chi connectivity index (χ0n) is 15.7. The molecule has 1 unspecified atom stereocenters. The number of halogens is 1. The van der Waals surface area contributed by atoms with Crippen LogP contribution in [0, 0.1) is 11.3 Å². The number of aliphatic hydroxyl groups is 1. The predicted octanol–water partition coefficient (Wildman–Crippen LogP) is 4.02. The second-order valence-corrected chi connectivity index (χ2v) is 7.59. The van der Waals surface area contributed by atoms with E-state index in [-0.39, 0.29) is 30.6 Å². The fourth-order valence-electron chi connectivity index (χ4n) is 4.38. The molecule has 0 radical (unpaired) electrons. The largest absolute Gasteiger partial charge is 0.396 e. The van der Waals surface area contributed by atoms with Crippen LogP contribution in [0.1, 0.15) is 71.6 Å².